The topological polar surface area (TPSA) is 34.4 Å². The Labute approximate surface area is 108 Å². The molecule has 1 heterocycles. The molecule has 0 spiro atoms. The third-order valence-electron chi connectivity index (χ3n) is 3.27. The first-order valence-electron chi connectivity index (χ1n) is 6.11. The van der Waals surface area contributed by atoms with Crippen molar-refractivity contribution in [3.05, 3.63) is 53.9 Å². The lowest BCUT2D eigenvalue weighted by atomic mass is 10.1. The van der Waals surface area contributed by atoms with Gasteiger partial charge in [-0.25, -0.2) is 0 Å². The van der Waals surface area contributed by atoms with Crippen LogP contribution in [0, 0.1) is 0 Å². The molecular weight excluding hydrogens is 226 g/mol. The molecule has 0 aliphatic carbocycles. The second-order valence-electron chi connectivity index (χ2n) is 4.52. The molecule has 3 heteroatoms. The summed E-state index contributed by atoms with van der Waals surface area (Å²) in [5, 5.41) is 9.53. The van der Waals surface area contributed by atoms with Gasteiger partial charge < -0.3 is 14.4 Å². The number of rotatable bonds is 4. The smallest absolute Gasteiger partial charge is 0.118 e. The van der Waals surface area contributed by atoms with E-state index in [1.54, 1.807) is 14.0 Å². The Morgan fingerprint density at radius 3 is 2.22 bits per heavy atom. The number of aliphatic hydroxyl groups is 1. The fourth-order valence-corrected chi connectivity index (χ4v) is 1.97. The van der Waals surface area contributed by atoms with E-state index < -0.39 is 6.10 Å². The second-order valence-corrected chi connectivity index (χ2v) is 4.52. The van der Waals surface area contributed by atoms with Crippen LogP contribution in [0.1, 0.15) is 37.1 Å². The first-order chi connectivity index (χ1) is 8.61. The average Bonchev–Trinajstić information content (AvgIpc) is 2.88. The summed E-state index contributed by atoms with van der Waals surface area (Å²) in [6.45, 7) is 3.91. The third-order valence-corrected chi connectivity index (χ3v) is 3.27. The van der Waals surface area contributed by atoms with Crippen LogP contribution in [0.5, 0.6) is 5.75 Å². The van der Waals surface area contributed by atoms with Gasteiger partial charge >= 0.3 is 0 Å². The van der Waals surface area contributed by atoms with E-state index in [2.05, 4.69) is 23.6 Å². The minimum atomic E-state index is -0.422. The molecular formula is C15H19NO2. The van der Waals surface area contributed by atoms with Gasteiger partial charge in [0.05, 0.1) is 19.3 Å². The lowest BCUT2D eigenvalue weighted by Gasteiger charge is -2.14. The summed E-state index contributed by atoms with van der Waals surface area (Å²) in [4.78, 5) is 0. The van der Waals surface area contributed by atoms with Crippen LogP contribution in [0.4, 0.5) is 0 Å². The normalized spacial score (nSPS) is 14.2. The summed E-state index contributed by atoms with van der Waals surface area (Å²) in [5.74, 6) is 0.864. The number of ether oxygens (including phenoxy) is 1. The molecule has 2 aromatic rings. The Morgan fingerprint density at radius 2 is 1.72 bits per heavy atom. The summed E-state index contributed by atoms with van der Waals surface area (Å²) in [6, 6.07) is 10.2. The predicted molar refractivity (Wildman–Crippen MR) is 71.9 cm³/mol. The van der Waals surface area contributed by atoms with Gasteiger partial charge in [-0.3, -0.25) is 0 Å². The molecule has 0 radical (unpaired) electrons. The molecule has 0 fully saturated rings. The van der Waals surface area contributed by atoms with Gasteiger partial charge in [0, 0.05) is 12.4 Å². The third kappa shape index (κ3) is 2.57. The summed E-state index contributed by atoms with van der Waals surface area (Å²) in [6.07, 6.45) is 3.56. The number of aromatic nitrogens is 1. The van der Waals surface area contributed by atoms with Crippen LogP contribution >= 0.6 is 0 Å². The quantitative estimate of drug-likeness (QED) is 0.897. The SMILES string of the molecule is COc1ccc([C@@H](C)n2ccc([C@@H](C)O)c2)cc1. The highest BCUT2D eigenvalue weighted by Gasteiger charge is 2.09. The molecule has 0 saturated carbocycles. The molecule has 0 saturated heterocycles. The van der Waals surface area contributed by atoms with Crippen molar-refractivity contribution in [2.24, 2.45) is 0 Å². The van der Waals surface area contributed by atoms with Crippen molar-refractivity contribution in [3.8, 4) is 5.75 Å². The highest BCUT2D eigenvalue weighted by Crippen LogP contribution is 2.23. The lowest BCUT2D eigenvalue weighted by molar-refractivity contribution is 0.199. The molecule has 0 bridgehead atoms. The average molecular weight is 245 g/mol. The Balaban J connectivity index is 2.20. The van der Waals surface area contributed by atoms with E-state index in [9.17, 15) is 5.11 Å². The minimum Gasteiger partial charge on any atom is -0.497 e. The lowest BCUT2D eigenvalue weighted by Crippen LogP contribution is -2.04. The molecule has 0 unspecified atom stereocenters. The van der Waals surface area contributed by atoms with E-state index in [0.717, 1.165) is 11.3 Å². The van der Waals surface area contributed by atoms with Crippen LogP contribution in [-0.4, -0.2) is 16.8 Å². The highest BCUT2D eigenvalue weighted by atomic mass is 16.5. The molecule has 3 nitrogen and oxygen atoms in total. The van der Waals surface area contributed by atoms with Gasteiger partial charge in [0.2, 0.25) is 0 Å². The van der Waals surface area contributed by atoms with Crippen LogP contribution < -0.4 is 4.74 Å². The second kappa shape index (κ2) is 5.27. The van der Waals surface area contributed by atoms with Crippen molar-refractivity contribution in [2.75, 3.05) is 7.11 Å². The van der Waals surface area contributed by atoms with Crippen molar-refractivity contribution in [3.63, 3.8) is 0 Å². The molecule has 0 aliphatic rings. The zero-order chi connectivity index (χ0) is 13.1. The first-order valence-corrected chi connectivity index (χ1v) is 6.11. The Kier molecular flexibility index (Phi) is 3.72. The molecule has 1 aromatic carbocycles. The van der Waals surface area contributed by atoms with Gasteiger partial charge in [-0.15, -0.1) is 0 Å². The van der Waals surface area contributed by atoms with Gasteiger partial charge in [-0.05, 0) is 43.2 Å². The van der Waals surface area contributed by atoms with Crippen LogP contribution in [0.15, 0.2) is 42.7 Å². The van der Waals surface area contributed by atoms with Gasteiger partial charge in [0.1, 0.15) is 5.75 Å². The molecule has 0 aliphatic heterocycles. The van der Waals surface area contributed by atoms with E-state index in [0.29, 0.717) is 0 Å². The molecule has 18 heavy (non-hydrogen) atoms. The number of hydrogen-bond donors (Lipinski definition) is 1. The zero-order valence-corrected chi connectivity index (χ0v) is 11.0. The van der Waals surface area contributed by atoms with E-state index in [4.69, 9.17) is 4.74 Å². The van der Waals surface area contributed by atoms with Crippen molar-refractivity contribution in [2.45, 2.75) is 26.0 Å². The van der Waals surface area contributed by atoms with Gasteiger partial charge in [-0.2, -0.15) is 0 Å². The fourth-order valence-electron chi connectivity index (χ4n) is 1.97. The molecule has 1 aromatic heterocycles. The standard InChI is InChI=1S/C15H19NO2/c1-11(13-4-6-15(18-3)7-5-13)16-9-8-14(10-16)12(2)17/h4-12,17H,1-3H3/t11-,12-/m1/s1. The Bertz CT molecular complexity index is 499. The number of nitrogens with zero attached hydrogens (tertiary/aromatic N) is 1. The number of hydrogen-bond acceptors (Lipinski definition) is 2. The van der Waals surface area contributed by atoms with E-state index >= 15 is 0 Å². The zero-order valence-electron chi connectivity index (χ0n) is 11.0. The molecule has 96 valence electrons. The highest BCUT2D eigenvalue weighted by molar-refractivity contribution is 5.29. The summed E-state index contributed by atoms with van der Waals surface area (Å²) >= 11 is 0. The van der Waals surface area contributed by atoms with Crippen molar-refractivity contribution in [1.29, 1.82) is 0 Å². The monoisotopic (exact) mass is 245 g/mol. The largest absolute Gasteiger partial charge is 0.497 e. The van der Waals surface area contributed by atoms with E-state index in [1.807, 2.05) is 30.6 Å². The molecule has 0 amide bonds. The van der Waals surface area contributed by atoms with Gasteiger partial charge in [0.15, 0.2) is 0 Å². The maximum atomic E-state index is 9.53. The number of aliphatic hydroxyl groups excluding tert-OH is 1. The summed E-state index contributed by atoms with van der Waals surface area (Å²) in [5.41, 5.74) is 2.15. The maximum absolute atomic E-state index is 9.53. The minimum absolute atomic E-state index is 0.239. The van der Waals surface area contributed by atoms with Crippen molar-refractivity contribution in [1.82, 2.24) is 4.57 Å². The summed E-state index contributed by atoms with van der Waals surface area (Å²) in [7, 11) is 1.67. The van der Waals surface area contributed by atoms with Crippen molar-refractivity contribution >= 4 is 0 Å². The first kappa shape index (κ1) is 12.7. The Morgan fingerprint density at radius 1 is 1.06 bits per heavy atom. The fraction of sp³-hybridized carbons (Fsp3) is 0.333. The predicted octanol–water partition coefficient (Wildman–Crippen LogP) is 3.16. The molecule has 1 N–H and O–H groups in total. The van der Waals surface area contributed by atoms with Crippen molar-refractivity contribution < 1.29 is 9.84 Å². The van der Waals surface area contributed by atoms with Crippen LogP contribution in [0.3, 0.4) is 0 Å². The van der Waals surface area contributed by atoms with Crippen LogP contribution in [0.2, 0.25) is 0 Å². The molecule has 2 rings (SSSR count). The van der Waals surface area contributed by atoms with Crippen LogP contribution in [0.25, 0.3) is 0 Å². The Hall–Kier alpha value is -1.74. The number of methoxy groups -OCH3 is 1. The van der Waals surface area contributed by atoms with Gasteiger partial charge in [0.25, 0.3) is 0 Å². The van der Waals surface area contributed by atoms with E-state index in [-0.39, 0.29) is 6.04 Å². The number of benzene rings is 1. The maximum Gasteiger partial charge on any atom is 0.118 e. The summed E-state index contributed by atoms with van der Waals surface area (Å²) < 4.78 is 7.25. The van der Waals surface area contributed by atoms with Crippen LogP contribution in [-0.2, 0) is 0 Å². The van der Waals surface area contributed by atoms with Gasteiger partial charge in [-0.1, -0.05) is 12.1 Å². The van der Waals surface area contributed by atoms with E-state index in [1.165, 1.54) is 5.56 Å². The molecule has 2 atom stereocenters.